The Kier molecular flexibility index (Phi) is 6.61. The van der Waals surface area contributed by atoms with Gasteiger partial charge in [-0.3, -0.25) is 4.79 Å². The Morgan fingerprint density at radius 1 is 1.11 bits per heavy atom. The van der Waals surface area contributed by atoms with Gasteiger partial charge < -0.3 is 25.7 Å². The van der Waals surface area contributed by atoms with Crippen molar-refractivity contribution in [3.8, 4) is 0 Å². The minimum Gasteiger partial charge on any atom is -0.394 e. The highest BCUT2D eigenvalue weighted by Gasteiger charge is 2.29. The smallest absolute Gasteiger partial charge is 0.183 e. The average molecular weight is 269 g/mol. The standard InChI is InChI=1S/C13H19NO5/c15-7-10(12(18)13(19)11(17)8-16)14-6-9-4-2-1-3-5-9/h1-5,10-11,13-17,19H,6-8H2/t10-,11+,13+/m0/s1. The lowest BCUT2D eigenvalue weighted by molar-refractivity contribution is -0.137. The third-order valence-corrected chi connectivity index (χ3v) is 2.76. The molecule has 19 heavy (non-hydrogen) atoms. The van der Waals surface area contributed by atoms with Gasteiger partial charge in [-0.25, -0.2) is 0 Å². The molecule has 0 aromatic heterocycles. The summed E-state index contributed by atoms with van der Waals surface area (Å²) in [6, 6.07) is 8.26. The number of rotatable bonds is 8. The van der Waals surface area contributed by atoms with E-state index in [9.17, 15) is 15.0 Å². The second-order valence-corrected chi connectivity index (χ2v) is 4.20. The fourth-order valence-corrected chi connectivity index (χ4v) is 1.59. The van der Waals surface area contributed by atoms with E-state index in [0.717, 1.165) is 5.56 Å². The molecule has 0 radical (unpaired) electrons. The first-order valence-corrected chi connectivity index (χ1v) is 5.99. The van der Waals surface area contributed by atoms with Crippen molar-refractivity contribution in [1.82, 2.24) is 5.32 Å². The van der Waals surface area contributed by atoms with E-state index in [1.807, 2.05) is 30.3 Å². The molecule has 0 unspecified atom stereocenters. The lowest BCUT2D eigenvalue weighted by Gasteiger charge is -2.21. The summed E-state index contributed by atoms with van der Waals surface area (Å²) < 4.78 is 0. The Labute approximate surface area is 111 Å². The van der Waals surface area contributed by atoms with Crippen molar-refractivity contribution in [2.75, 3.05) is 13.2 Å². The highest BCUT2D eigenvalue weighted by Crippen LogP contribution is 2.02. The van der Waals surface area contributed by atoms with Gasteiger partial charge >= 0.3 is 0 Å². The Morgan fingerprint density at radius 3 is 2.26 bits per heavy atom. The quantitative estimate of drug-likeness (QED) is 0.390. The van der Waals surface area contributed by atoms with Gasteiger partial charge in [-0.2, -0.15) is 0 Å². The largest absolute Gasteiger partial charge is 0.394 e. The fourth-order valence-electron chi connectivity index (χ4n) is 1.59. The number of carbonyl (C=O) groups excluding carboxylic acids is 1. The predicted octanol–water partition coefficient (Wildman–Crippen LogP) is -1.58. The van der Waals surface area contributed by atoms with E-state index >= 15 is 0 Å². The van der Waals surface area contributed by atoms with Crippen molar-refractivity contribution in [2.45, 2.75) is 24.8 Å². The SMILES string of the molecule is O=C([C@H](CO)NCc1ccccc1)[C@H](O)[C@H](O)CO. The molecule has 0 bridgehead atoms. The first-order valence-electron chi connectivity index (χ1n) is 5.99. The molecule has 5 N–H and O–H groups in total. The van der Waals surface area contributed by atoms with Crippen molar-refractivity contribution in [1.29, 1.82) is 0 Å². The zero-order valence-corrected chi connectivity index (χ0v) is 10.4. The molecular formula is C13H19NO5. The summed E-state index contributed by atoms with van der Waals surface area (Å²) >= 11 is 0. The summed E-state index contributed by atoms with van der Waals surface area (Å²) in [5.41, 5.74) is 0.922. The lowest BCUT2D eigenvalue weighted by atomic mass is 10.0. The summed E-state index contributed by atoms with van der Waals surface area (Å²) in [6.07, 6.45) is -3.26. The highest BCUT2D eigenvalue weighted by molar-refractivity contribution is 5.88. The van der Waals surface area contributed by atoms with Crippen LogP contribution in [0.1, 0.15) is 5.56 Å². The number of ketones is 1. The zero-order chi connectivity index (χ0) is 14.3. The average Bonchev–Trinajstić information content (AvgIpc) is 2.47. The number of Topliss-reactive ketones (excluding diaryl/α,β-unsaturated/α-hetero) is 1. The van der Waals surface area contributed by atoms with Gasteiger partial charge in [0.15, 0.2) is 5.78 Å². The van der Waals surface area contributed by atoms with E-state index in [1.165, 1.54) is 0 Å². The monoisotopic (exact) mass is 269 g/mol. The van der Waals surface area contributed by atoms with Crippen molar-refractivity contribution in [3.05, 3.63) is 35.9 Å². The zero-order valence-electron chi connectivity index (χ0n) is 10.4. The summed E-state index contributed by atoms with van der Waals surface area (Å²) in [5, 5.41) is 39.3. The number of nitrogens with one attached hydrogen (secondary N) is 1. The molecule has 6 heteroatoms. The van der Waals surface area contributed by atoms with Crippen LogP contribution in [-0.2, 0) is 11.3 Å². The molecule has 0 amide bonds. The molecule has 0 saturated heterocycles. The van der Waals surface area contributed by atoms with Gasteiger partial charge in [0.05, 0.1) is 19.3 Å². The molecule has 0 aliphatic carbocycles. The first-order chi connectivity index (χ1) is 9.10. The molecule has 3 atom stereocenters. The van der Waals surface area contributed by atoms with Gasteiger partial charge in [-0.05, 0) is 5.56 Å². The van der Waals surface area contributed by atoms with Gasteiger partial charge in [0.25, 0.3) is 0 Å². The number of hydrogen-bond donors (Lipinski definition) is 5. The maximum absolute atomic E-state index is 11.8. The molecule has 0 saturated carbocycles. The molecule has 0 aliphatic heterocycles. The minimum absolute atomic E-state index is 0.347. The second kappa shape index (κ2) is 7.98. The maximum atomic E-state index is 11.8. The van der Waals surface area contributed by atoms with Crippen molar-refractivity contribution in [3.63, 3.8) is 0 Å². The Morgan fingerprint density at radius 2 is 1.74 bits per heavy atom. The fraction of sp³-hybridized carbons (Fsp3) is 0.462. The van der Waals surface area contributed by atoms with Crippen LogP contribution in [0, 0.1) is 0 Å². The molecule has 106 valence electrons. The van der Waals surface area contributed by atoms with Crippen LogP contribution < -0.4 is 5.32 Å². The second-order valence-electron chi connectivity index (χ2n) is 4.20. The maximum Gasteiger partial charge on any atom is 0.183 e. The molecule has 0 spiro atoms. The van der Waals surface area contributed by atoms with Gasteiger partial charge in [0.1, 0.15) is 12.2 Å². The number of aliphatic hydroxyl groups excluding tert-OH is 4. The summed E-state index contributed by atoms with van der Waals surface area (Å²) in [4.78, 5) is 11.8. The van der Waals surface area contributed by atoms with Gasteiger partial charge in [-0.15, -0.1) is 0 Å². The lowest BCUT2D eigenvalue weighted by Crippen LogP contribution is -2.49. The Hall–Kier alpha value is -1.31. The number of hydrogen-bond acceptors (Lipinski definition) is 6. The molecule has 6 nitrogen and oxygen atoms in total. The van der Waals surface area contributed by atoms with Gasteiger partial charge in [-0.1, -0.05) is 30.3 Å². The van der Waals surface area contributed by atoms with Crippen LogP contribution >= 0.6 is 0 Å². The van der Waals surface area contributed by atoms with Crippen LogP contribution in [0.15, 0.2) is 30.3 Å². The first kappa shape index (κ1) is 15.7. The highest BCUT2D eigenvalue weighted by atomic mass is 16.4. The number of benzene rings is 1. The van der Waals surface area contributed by atoms with Gasteiger partial charge in [0.2, 0.25) is 0 Å². The molecule has 1 aromatic rings. The predicted molar refractivity (Wildman–Crippen MR) is 68.3 cm³/mol. The van der Waals surface area contributed by atoms with E-state index in [2.05, 4.69) is 5.32 Å². The van der Waals surface area contributed by atoms with E-state index in [-0.39, 0.29) is 0 Å². The van der Waals surface area contributed by atoms with Crippen LogP contribution in [0.2, 0.25) is 0 Å². The van der Waals surface area contributed by atoms with Crippen LogP contribution in [0.4, 0.5) is 0 Å². The Balaban J connectivity index is 2.56. The van der Waals surface area contributed by atoms with Crippen molar-refractivity contribution >= 4 is 5.78 Å². The molecular weight excluding hydrogens is 250 g/mol. The van der Waals surface area contributed by atoms with E-state index < -0.39 is 37.2 Å². The summed E-state index contributed by atoms with van der Waals surface area (Å²) in [7, 11) is 0. The number of aliphatic hydroxyl groups is 4. The van der Waals surface area contributed by atoms with Crippen LogP contribution in [0.5, 0.6) is 0 Å². The molecule has 0 heterocycles. The molecule has 1 aromatic carbocycles. The summed E-state index contributed by atoms with van der Waals surface area (Å²) in [5.74, 6) is -0.750. The van der Waals surface area contributed by atoms with Crippen molar-refractivity contribution in [2.24, 2.45) is 0 Å². The molecule has 0 aliphatic rings. The Bertz CT molecular complexity index is 384. The minimum atomic E-state index is -1.72. The third kappa shape index (κ3) is 4.70. The van der Waals surface area contributed by atoms with E-state index in [4.69, 9.17) is 10.2 Å². The molecule has 1 rings (SSSR count). The topological polar surface area (TPSA) is 110 Å². The molecule has 0 fully saturated rings. The van der Waals surface area contributed by atoms with E-state index in [1.54, 1.807) is 0 Å². The van der Waals surface area contributed by atoms with Crippen LogP contribution in [0.25, 0.3) is 0 Å². The third-order valence-electron chi connectivity index (χ3n) is 2.76. The van der Waals surface area contributed by atoms with Crippen molar-refractivity contribution < 1.29 is 25.2 Å². The number of carbonyl (C=O) groups is 1. The van der Waals surface area contributed by atoms with Crippen LogP contribution in [0.3, 0.4) is 0 Å². The summed E-state index contributed by atoms with van der Waals surface area (Å²) in [6.45, 7) is -0.871. The van der Waals surface area contributed by atoms with E-state index in [0.29, 0.717) is 6.54 Å². The normalized spacial score (nSPS) is 15.8. The van der Waals surface area contributed by atoms with Crippen LogP contribution in [-0.4, -0.2) is 57.7 Å². The van der Waals surface area contributed by atoms with Gasteiger partial charge in [0, 0.05) is 6.54 Å².